The van der Waals surface area contributed by atoms with E-state index in [2.05, 4.69) is 15.2 Å². The van der Waals surface area contributed by atoms with E-state index in [1.54, 1.807) is 25.1 Å². The molecular formula is C21H19F4N3O3. The molecule has 2 aromatic carbocycles. The fourth-order valence-corrected chi connectivity index (χ4v) is 2.95. The zero-order valence-electron chi connectivity index (χ0n) is 16.4. The maximum atomic E-state index is 14.5. The number of carbonyl (C=O) groups is 1. The third-order valence-corrected chi connectivity index (χ3v) is 4.18. The average molecular weight is 437 g/mol. The van der Waals surface area contributed by atoms with Crippen LogP contribution in [-0.2, 0) is 16.1 Å². The van der Waals surface area contributed by atoms with Crippen molar-refractivity contribution in [2.24, 2.45) is 0 Å². The summed E-state index contributed by atoms with van der Waals surface area (Å²) in [5, 5.41) is 7.19. The van der Waals surface area contributed by atoms with Gasteiger partial charge in [-0.1, -0.05) is 12.1 Å². The molecule has 31 heavy (non-hydrogen) atoms. The SMILES string of the molecule is CCOC(=O)CNCc1cnn(-c2ccc(OC(F)(F)F)cc2)c1-c1ccccc1F. The van der Waals surface area contributed by atoms with Crippen molar-refractivity contribution in [2.45, 2.75) is 19.8 Å². The number of hydrogen-bond acceptors (Lipinski definition) is 5. The molecule has 1 aromatic heterocycles. The van der Waals surface area contributed by atoms with Crippen LogP contribution in [0.4, 0.5) is 17.6 Å². The van der Waals surface area contributed by atoms with Crippen molar-refractivity contribution in [2.75, 3.05) is 13.2 Å². The highest BCUT2D eigenvalue weighted by Gasteiger charge is 2.31. The number of aromatic nitrogens is 2. The fourth-order valence-electron chi connectivity index (χ4n) is 2.95. The summed E-state index contributed by atoms with van der Waals surface area (Å²) in [5.41, 5.74) is 1.65. The lowest BCUT2D eigenvalue weighted by Crippen LogP contribution is -2.24. The number of alkyl halides is 3. The Labute approximate surface area is 175 Å². The first-order valence-corrected chi connectivity index (χ1v) is 9.33. The van der Waals surface area contributed by atoms with Crippen molar-refractivity contribution in [3.63, 3.8) is 0 Å². The van der Waals surface area contributed by atoms with E-state index in [1.165, 1.54) is 29.1 Å². The van der Waals surface area contributed by atoms with Gasteiger partial charge in [0.1, 0.15) is 11.6 Å². The highest BCUT2D eigenvalue weighted by Crippen LogP contribution is 2.30. The predicted molar refractivity (Wildman–Crippen MR) is 104 cm³/mol. The molecule has 1 heterocycles. The molecule has 0 radical (unpaired) electrons. The van der Waals surface area contributed by atoms with Gasteiger partial charge >= 0.3 is 12.3 Å². The minimum Gasteiger partial charge on any atom is -0.465 e. The second kappa shape index (κ2) is 9.61. The van der Waals surface area contributed by atoms with E-state index in [-0.39, 0.29) is 31.0 Å². The highest BCUT2D eigenvalue weighted by molar-refractivity contribution is 5.71. The molecule has 0 fully saturated rings. The Morgan fingerprint density at radius 1 is 1.13 bits per heavy atom. The number of rotatable bonds is 8. The summed E-state index contributed by atoms with van der Waals surface area (Å²) >= 11 is 0. The molecule has 164 valence electrons. The van der Waals surface area contributed by atoms with Crippen molar-refractivity contribution in [3.05, 3.63) is 66.1 Å². The van der Waals surface area contributed by atoms with Gasteiger partial charge < -0.3 is 14.8 Å². The standard InChI is InChI=1S/C21H19F4N3O3/c1-2-30-19(29)13-26-11-14-12-27-28(20(14)17-5-3-4-6-18(17)22)15-7-9-16(10-8-15)31-21(23,24)25/h3-10,12,26H,2,11,13H2,1H3. The number of benzene rings is 2. The minimum atomic E-state index is -4.80. The van der Waals surface area contributed by atoms with Crippen LogP contribution in [-0.4, -0.2) is 35.3 Å². The van der Waals surface area contributed by atoms with E-state index in [0.29, 0.717) is 16.9 Å². The fraction of sp³-hybridized carbons (Fsp3) is 0.238. The van der Waals surface area contributed by atoms with Gasteiger partial charge in [-0.3, -0.25) is 4.79 Å². The van der Waals surface area contributed by atoms with E-state index in [4.69, 9.17) is 4.74 Å². The summed E-state index contributed by atoms with van der Waals surface area (Å²) in [7, 11) is 0. The molecule has 0 aliphatic heterocycles. The number of hydrogen-bond donors (Lipinski definition) is 1. The van der Waals surface area contributed by atoms with Crippen molar-refractivity contribution in [3.8, 4) is 22.7 Å². The van der Waals surface area contributed by atoms with Crippen molar-refractivity contribution >= 4 is 5.97 Å². The van der Waals surface area contributed by atoms with E-state index < -0.39 is 18.1 Å². The summed E-state index contributed by atoms with van der Waals surface area (Å²) in [6.07, 6.45) is -3.30. The largest absolute Gasteiger partial charge is 0.573 e. The monoisotopic (exact) mass is 437 g/mol. The van der Waals surface area contributed by atoms with Crippen LogP contribution < -0.4 is 10.1 Å². The zero-order valence-corrected chi connectivity index (χ0v) is 16.4. The quantitative estimate of drug-likeness (QED) is 0.422. The molecular weight excluding hydrogens is 418 g/mol. The first-order chi connectivity index (χ1) is 14.8. The lowest BCUT2D eigenvalue weighted by atomic mass is 10.1. The van der Waals surface area contributed by atoms with E-state index >= 15 is 0 Å². The third kappa shape index (κ3) is 5.82. The number of nitrogens with one attached hydrogen (secondary N) is 1. The van der Waals surface area contributed by atoms with Gasteiger partial charge in [-0.05, 0) is 43.3 Å². The molecule has 0 spiro atoms. The first-order valence-electron chi connectivity index (χ1n) is 9.33. The molecule has 1 N–H and O–H groups in total. The van der Waals surface area contributed by atoms with E-state index in [1.807, 2.05) is 0 Å². The number of ether oxygens (including phenoxy) is 2. The zero-order chi connectivity index (χ0) is 22.4. The summed E-state index contributed by atoms with van der Waals surface area (Å²) in [5.74, 6) is -1.30. The summed E-state index contributed by atoms with van der Waals surface area (Å²) in [6.45, 7) is 2.10. The van der Waals surface area contributed by atoms with Crippen LogP contribution in [0.5, 0.6) is 5.75 Å². The Morgan fingerprint density at radius 2 is 1.84 bits per heavy atom. The molecule has 0 bridgehead atoms. The number of nitrogens with zero attached hydrogens (tertiary/aromatic N) is 2. The minimum absolute atomic E-state index is 0.0425. The summed E-state index contributed by atoms with van der Waals surface area (Å²) in [6, 6.07) is 11.1. The van der Waals surface area contributed by atoms with Crippen LogP contribution in [0.25, 0.3) is 16.9 Å². The molecule has 0 saturated heterocycles. The second-order valence-electron chi connectivity index (χ2n) is 6.36. The topological polar surface area (TPSA) is 65.4 Å². The van der Waals surface area contributed by atoms with Crippen molar-refractivity contribution < 1.29 is 31.8 Å². The van der Waals surface area contributed by atoms with Crippen molar-refractivity contribution in [1.29, 1.82) is 0 Å². The lowest BCUT2D eigenvalue weighted by molar-refractivity contribution is -0.274. The second-order valence-corrected chi connectivity index (χ2v) is 6.36. The molecule has 0 aliphatic carbocycles. The first kappa shape index (κ1) is 22.3. The average Bonchev–Trinajstić information content (AvgIpc) is 3.11. The van der Waals surface area contributed by atoms with Crippen LogP contribution in [0.2, 0.25) is 0 Å². The van der Waals surface area contributed by atoms with Gasteiger partial charge in [0.15, 0.2) is 0 Å². The Balaban J connectivity index is 1.92. The maximum Gasteiger partial charge on any atom is 0.573 e. The van der Waals surface area contributed by atoms with E-state index in [9.17, 15) is 22.4 Å². The van der Waals surface area contributed by atoms with Crippen LogP contribution >= 0.6 is 0 Å². The molecule has 0 saturated carbocycles. The van der Waals surface area contributed by atoms with Gasteiger partial charge in [0.2, 0.25) is 0 Å². The predicted octanol–water partition coefficient (Wildman–Crippen LogP) is 4.23. The van der Waals surface area contributed by atoms with E-state index in [0.717, 1.165) is 12.1 Å². The van der Waals surface area contributed by atoms with Crippen LogP contribution in [0.15, 0.2) is 54.7 Å². The third-order valence-electron chi connectivity index (χ3n) is 4.18. The van der Waals surface area contributed by atoms with Crippen LogP contribution in [0.1, 0.15) is 12.5 Å². The molecule has 0 amide bonds. The molecule has 10 heteroatoms. The lowest BCUT2D eigenvalue weighted by Gasteiger charge is -2.13. The Kier molecular flexibility index (Phi) is 6.91. The van der Waals surface area contributed by atoms with Gasteiger partial charge in [-0.15, -0.1) is 13.2 Å². The maximum absolute atomic E-state index is 14.5. The van der Waals surface area contributed by atoms with Gasteiger partial charge in [-0.25, -0.2) is 9.07 Å². The Morgan fingerprint density at radius 3 is 2.48 bits per heavy atom. The summed E-state index contributed by atoms with van der Waals surface area (Å²) < 4.78 is 61.9. The van der Waals surface area contributed by atoms with Crippen molar-refractivity contribution in [1.82, 2.24) is 15.1 Å². The Bertz CT molecular complexity index is 1030. The van der Waals surface area contributed by atoms with Crippen LogP contribution in [0.3, 0.4) is 0 Å². The van der Waals surface area contributed by atoms with Crippen LogP contribution in [0, 0.1) is 5.82 Å². The number of carbonyl (C=O) groups excluding carboxylic acids is 1. The highest BCUT2D eigenvalue weighted by atomic mass is 19.4. The Hall–Kier alpha value is -3.40. The molecule has 6 nitrogen and oxygen atoms in total. The number of halogens is 4. The molecule has 3 aromatic rings. The molecule has 0 unspecified atom stereocenters. The van der Waals surface area contributed by atoms with Gasteiger partial charge in [0.05, 0.1) is 30.7 Å². The van der Waals surface area contributed by atoms with Gasteiger partial charge in [0.25, 0.3) is 0 Å². The van der Waals surface area contributed by atoms with Gasteiger partial charge in [0, 0.05) is 17.7 Å². The molecule has 0 atom stereocenters. The molecule has 3 rings (SSSR count). The van der Waals surface area contributed by atoms with Gasteiger partial charge in [-0.2, -0.15) is 5.10 Å². The molecule has 0 aliphatic rings. The normalized spacial score (nSPS) is 11.4. The number of esters is 1. The summed E-state index contributed by atoms with van der Waals surface area (Å²) in [4.78, 5) is 11.5. The smallest absolute Gasteiger partial charge is 0.465 e.